The number of nitrogens with zero attached hydrogens (tertiary/aromatic N) is 1. The first kappa shape index (κ1) is 22.6. The molecule has 174 valence electrons. The summed E-state index contributed by atoms with van der Waals surface area (Å²) < 4.78 is 10.8. The number of nitrogens with one attached hydrogen (secondary N) is 2. The largest absolute Gasteiger partial charge is 0.447 e. The molecule has 0 spiro atoms. The lowest BCUT2D eigenvalue weighted by Gasteiger charge is -2.28. The number of carbonyl (C=O) groups excluding carboxylic acids is 3. The van der Waals surface area contributed by atoms with E-state index in [2.05, 4.69) is 23.0 Å². The Hall–Kier alpha value is -3.55. The van der Waals surface area contributed by atoms with E-state index in [1.165, 1.54) is 4.90 Å². The zero-order valence-corrected chi connectivity index (χ0v) is 19.1. The molecule has 1 heterocycles. The number of amides is 3. The predicted molar refractivity (Wildman–Crippen MR) is 122 cm³/mol. The Balaban J connectivity index is 1.31. The smallest absolute Gasteiger partial charge is 0.426 e. The topological polar surface area (TPSA) is 97.0 Å². The summed E-state index contributed by atoms with van der Waals surface area (Å²) in [4.78, 5) is 38.6. The first-order chi connectivity index (χ1) is 15.7. The van der Waals surface area contributed by atoms with Crippen LogP contribution in [0.1, 0.15) is 50.7 Å². The molecule has 8 heteroatoms. The Bertz CT molecular complexity index is 1020. The Labute approximate surface area is 193 Å². The molecule has 2 aliphatic rings. The van der Waals surface area contributed by atoms with E-state index in [9.17, 15) is 14.4 Å². The Morgan fingerprint density at radius 3 is 2.18 bits per heavy atom. The van der Waals surface area contributed by atoms with Crippen molar-refractivity contribution in [2.75, 3.05) is 13.2 Å². The monoisotopic (exact) mass is 451 g/mol. The van der Waals surface area contributed by atoms with Crippen molar-refractivity contribution in [1.82, 2.24) is 15.8 Å². The van der Waals surface area contributed by atoms with Crippen molar-refractivity contribution in [3.63, 3.8) is 0 Å². The number of likely N-dealkylation sites (tertiary alicyclic amines) is 1. The lowest BCUT2D eigenvalue weighted by molar-refractivity contribution is -0.126. The van der Waals surface area contributed by atoms with E-state index in [1.807, 2.05) is 36.4 Å². The van der Waals surface area contributed by atoms with Crippen LogP contribution < -0.4 is 10.9 Å². The van der Waals surface area contributed by atoms with Crippen molar-refractivity contribution in [1.29, 1.82) is 0 Å². The van der Waals surface area contributed by atoms with Gasteiger partial charge in [0.1, 0.15) is 18.2 Å². The summed E-state index contributed by atoms with van der Waals surface area (Å²) in [5.74, 6) is -0.553. The average Bonchev–Trinajstić information content (AvgIpc) is 3.38. The highest BCUT2D eigenvalue weighted by molar-refractivity contribution is 5.87. The van der Waals surface area contributed by atoms with Gasteiger partial charge >= 0.3 is 12.2 Å². The van der Waals surface area contributed by atoms with Gasteiger partial charge in [0.05, 0.1) is 0 Å². The molecule has 2 aromatic carbocycles. The maximum absolute atomic E-state index is 12.6. The standard InChI is InChI=1S/C25H29N3O5/c1-25(2,3)33-24(31)28-14-8-13-21(28)22(29)26-27-23(30)32-15-20-18-11-6-4-9-16(18)17-10-5-7-12-19(17)20/h4-7,9-12,20-21H,8,13-15H2,1-3H3,(H,26,29)(H,27,30)/t21-/m0/s1. The van der Waals surface area contributed by atoms with Crippen LogP contribution in [0.4, 0.5) is 9.59 Å². The lowest BCUT2D eigenvalue weighted by Crippen LogP contribution is -2.52. The first-order valence-electron chi connectivity index (χ1n) is 11.1. The second kappa shape index (κ2) is 9.13. The molecule has 0 radical (unpaired) electrons. The minimum absolute atomic E-state index is 0.0728. The van der Waals surface area contributed by atoms with Crippen LogP contribution in [0.5, 0.6) is 0 Å². The summed E-state index contributed by atoms with van der Waals surface area (Å²) in [7, 11) is 0. The van der Waals surface area contributed by atoms with Gasteiger partial charge in [-0.25, -0.2) is 15.0 Å². The highest BCUT2D eigenvalue weighted by Gasteiger charge is 2.37. The van der Waals surface area contributed by atoms with Crippen LogP contribution >= 0.6 is 0 Å². The molecule has 1 fully saturated rings. The normalized spacial score (nSPS) is 17.2. The third-order valence-corrected chi connectivity index (χ3v) is 5.81. The second-order valence-electron chi connectivity index (χ2n) is 9.27. The van der Waals surface area contributed by atoms with E-state index >= 15 is 0 Å². The molecule has 2 N–H and O–H groups in total. The van der Waals surface area contributed by atoms with Gasteiger partial charge in [0.25, 0.3) is 5.91 Å². The summed E-state index contributed by atoms with van der Waals surface area (Å²) in [6.45, 7) is 5.89. The number of benzene rings is 2. The van der Waals surface area contributed by atoms with Crippen LogP contribution in [-0.4, -0.2) is 47.8 Å². The van der Waals surface area contributed by atoms with Crippen molar-refractivity contribution < 1.29 is 23.9 Å². The molecule has 3 amide bonds. The minimum Gasteiger partial charge on any atom is -0.447 e. The summed E-state index contributed by atoms with van der Waals surface area (Å²) in [6.07, 6.45) is -0.118. The highest BCUT2D eigenvalue weighted by Crippen LogP contribution is 2.44. The van der Waals surface area contributed by atoms with Gasteiger partial charge in [-0.15, -0.1) is 0 Å². The van der Waals surface area contributed by atoms with Crippen LogP contribution in [0.25, 0.3) is 11.1 Å². The number of fused-ring (bicyclic) bond motifs is 3. The van der Waals surface area contributed by atoms with Crippen molar-refractivity contribution >= 4 is 18.1 Å². The Kier molecular flexibility index (Phi) is 6.26. The molecule has 1 aliphatic carbocycles. The van der Waals surface area contributed by atoms with E-state index in [0.29, 0.717) is 19.4 Å². The van der Waals surface area contributed by atoms with Crippen LogP contribution in [-0.2, 0) is 14.3 Å². The van der Waals surface area contributed by atoms with E-state index in [0.717, 1.165) is 22.3 Å². The highest BCUT2D eigenvalue weighted by atomic mass is 16.6. The zero-order chi connectivity index (χ0) is 23.6. The van der Waals surface area contributed by atoms with Crippen LogP contribution in [0.2, 0.25) is 0 Å². The fraction of sp³-hybridized carbons (Fsp3) is 0.400. The van der Waals surface area contributed by atoms with E-state index < -0.39 is 29.7 Å². The van der Waals surface area contributed by atoms with Gasteiger partial charge in [0, 0.05) is 12.5 Å². The molecule has 1 aliphatic heterocycles. The molecule has 2 aromatic rings. The average molecular weight is 452 g/mol. The fourth-order valence-corrected chi connectivity index (χ4v) is 4.41. The Morgan fingerprint density at radius 2 is 1.58 bits per heavy atom. The lowest BCUT2D eigenvalue weighted by atomic mass is 9.98. The van der Waals surface area contributed by atoms with Gasteiger partial charge < -0.3 is 9.47 Å². The van der Waals surface area contributed by atoms with E-state index in [-0.39, 0.29) is 12.5 Å². The molecule has 1 saturated heterocycles. The third kappa shape index (κ3) is 4.94. The van der Waals surface area contributed by atoms with Crippen molar-refractivity contribution in [3.05, 3.63) is 59.7 Å². The summed E-state index contributed by atoms with van der Waals surface area (Å²) in [5.41, 5.74) is 8.51. The summed E-state index contributed by atoms with van der Waals surface area (Å²) in [5, 5.41) is 0. The molecular weight excluding hydrogens is 422 g/mol. The van der Waals surface area contributed by atoms with Crippen LogP contribution in [0.15, 0.2) is 48.5 Å². The fourth-order valence-electron chi connectivity index (χ4n) is 4.41. The first-order valence-corrected chi connectivity index (χ1v) is 11.1. The maximum Gasteiger partial charge on any atom is 0.426 e. The zero-order valence-electron chi connectivity index (χ0n) is 19.1. The molecule has 0 bridgehead atoms. The van der Waals surface area contributed by atoms with Gasteiger partial charge in [0.2, 0.25) is 0 Å². The van der Waals surface area contributed by atoms with Gasteiger partial charge in [-0.2, -0.15) is 0 Å². The molecule has 0 unspecified atom stereocenters. The summed E-state index contributed by atoms with van der Waals surface area (Å²) >= 11 is 0. The molecule has 8 nitrogen and oxygen atoms in total. The van der Waals surface area contributed by atoms with Gasteiger partial charge in [-0.3, -0.25) is 15.1 Å². The van der Waals surface area contributed by atoms with Crippen LogP contribution in [0.3, 0.4) is 0 Å². The number of hydrazine groups is 1. The number of hydrogen-bond donors (Lipinski definition) is 2. The van der Waals surface area contributed by atoms with E-state index in [1.54, 1.807) is 20.8 Å². The molecule has 1 atom stereocenters. The third-order valence-electron chi connectivity index (χ3n) is 5.81. The number of carbonyl (C=O) groups is 3. The molecule has 0 saturated carbocycles. The number of rotatable bonds is 3. The Morgan fingerprint density at radius 1 is 0.970 bits per heavy atom. The predicted octanol–water partition coefficient (Wildman–Crippen LogP) is 3.96. The second-order valence-corrected chi connectivity index (χ2v) is 9.27. The molecule has 0 aromatic heterocycles. The number of ether oxygens (including phenoxy) is 2. The maximum atomic E-state index is 12.6. The van der Waals surface area contributed by atoms with Gasteiger partial charge in [-0.1, -0.05) is 48.5 Å². The van der Waals surface area contributed by atoms with Crippen LogP contribution in [0, 0.1) is 0 Å². The van der Waals surface area contributed by atoms with Crippen molar-refractivity contribution in [2.24, 2.45) is 0 Å². The van der Waals surface area contributed by atoms with Crippen molar-refractivity contribution in [3.8, 4) is 11.1 Å². The van der Waals surface area contributed by atoms with Gasteiger partial charge in [-0.05, 0) is 55.9 Å². The van der Waals surface area contributed by atoms with Gasteiger partial charge in [0.15, 0.2) is 0 Å². The molecular formula is C25H29N3O5. The van der Waals surface area contributed by atoms with Crippen molar-refractivity contribution in [2.45, 2.75) is 51.2 Å². The molecule has 33 heavy (non-hydrogen) atoms. The minimum atomic E-state index is -0.757. The molecule has 4 rings (SSSR count). The summed E-state index contributed by atoms with van der Waals surface area (Å²) in [6, 6.07) is 15.4. The van der Waals surface area contributed by atoms with E-state index in [4.69, 9.17) is 9.47 Å². The number of hydrogen-bond acceptors (Lipinski definition) is 5. The quantitative estimate of drug-likeness (QED) is 0.689. The SMILES string of the molecule is CC(C)(C)OC(=O)N1CCC[C@H]1C(=O)NNC(=O)OCC1c2ccccc2-c2ccccc21.